The predicted molar refractivity (Wildman–Crippen MR) is 220 cm³/mol. The van der Waals surface area contributed by atoms with Gasteiger partial charge in [0.05, 0.1) is 16.9 Å². The fourth-order valence-corrected chi connectivity index (χ4v) is 8.29. The molecule has 5 aromatic carbocycles. The number of nitrogens with zero attached hydrogens (tertiary/aromatic N) is 3. The van der Waals surface area contributed by atoms with E-state index in [0.29, 0.717) is 5.92 Å². The molecule has 1 radical (unpaired) electrons. The van der Waals surface area contributed by atoms with Crippen LogP contribution in [-0.4, -0.2) is 14.5 Å². The number of imidazole rings is 1. The van der Waals surface area contributed by atoms with E-state index in [9.17, 15) is 0 Å². The molecule has 3 saturated carbocycles. The van der Waals surface area contributed by atoms with E-state index in [1.165, 1.54) is 36.8 Å². The zero-order chi connectivity index (χ0) is 39.1. The Morgan fingerprint density at radius 2 is 1.35 bits per heavy atom. The largest absolute Gasteiger partial charge is 0.333 e. The minimum absolute atomic E-state index is 0. The molecule has 10 rings (SSSR count). The maximum atomic E-state index is 9.16. The molecule has 3 nitrogen and oxygen atoms in total. The van der Waals surface area contributed by atoms with Gasteiger partial charge in [-0.25, -0.2) is 0 Å². The van der Waals surface area contributed by atoms with Crippen molar-refractivity contribution < 1.29 is 24.2 Å². The van der Waals surface area contributed by atoms with Crippen molar-refractivity contribution in [2.45, 2.75) is 77.5 Å². The molecule has 275 valence electrons. The summed E-state index contributed by atoms with van der Waals surface area (Å²) in [5.74, 6) is 0.0297. The molecule has 2 aromatic heterocycles. The topological polar surface area (TPSA) is 30.7 Å². The Morgan fingerprint density at radius 1 is 0.704 bits per heavy atom. The van der Waals surface area contributed by atoms with E-state index in [0.717, 1.165) is 68.4 Å². The Kier molecular flexibility index (Phi) is 10.5. The Balaban J connectivity index is 0.000000171. The van der Waals surface area contributed by atoms with Crippen molar-refractivity contribution in [2.24, 2.45) is 11.8 Å². The van der Waals surface area contributed by atoms with E-state index < -0.39 is 11.8 Å². The number of aromatic nitrogens is 3. The molecule has 0 N–H and O–H groups in total. The van der Waals surface area contributed by atoms with Crippen molar-refractivity contribution in [3.05, 3.63) is 162 Å². The van der Waals surface area contributed by atoms with Crippen LogP contribution in [-0.2, 0) is 20.1 Å². The number of fused-ring (bicyclic) bond motifs is 4. The third-order valence-electron chi connectivity index (χ3n) is 11.0. The van der Waals surface area contributed by atoms with Crippen LogP contribution in [0.25, 0.3) is 50.5 Å². The molecule has 0 saturated heterocycles. The van der Waals surface area contributed by atoms with Crippen LogP contribution in [0.1, 0.15) is 98.3 Å². The van der Waals surface area contributed by atoms with Gasteiger partial charge in [-0.15, -0.1) is 71.8 Å². The van der Waals surface area contributed by atoms with E-state index in [4.69, 9.17) is 9.10 Å². The average Bonchev–Trinajstić information content (AvgIpc) is 3.61. The van der Waals surface area contributed by atoms with Crippen molar-refractivity contribution in [2.75, 3.05) is 0 Å². The molecule has 3 fully saturated rings. The molecule has 1 unspecified atom stereocenters. The third-order valence-corrected chi connectivity index (χ3v) is 11.0. The summed E-state index contributed by atoms with van der Waals surface area (Å²) in [6.07, 6.45) is 8.04. The number of pyridine rings is 1. The SMILES string of the molecule is [2H]C(C)(C)c1cccc(C([2H])(C)C)c1-n1c(-c2[c-]cccc2)nc2ccccc21.[2H]C1(c2ccc(-c3ccnc(-c4[c-]cccc4)c3)cc2)CC2CCC1CC2.[Ir]. The monoisotopic (exact) mass is 887 g/mol. The molecular weight excluding hydrogens is 835 g/mol. The molecule has 0 spiro atoms. The molecule has 2 bridgehead atoms. The number of hydrogen-bond acceptors (Lipinski definition) is 2. The molecule has 2 heterocycles. The zero-order valence-corrected chi connectivity index (χ0v) is 34.0. The van der Waals surface area contributed by atoms with Crippen molar-refractivity contribution in [3.8, 4) is 39.5 Å². The standard InChI is InChI=1S/C25H25N2.C25H24N.Ir/c1-17(2)20-13-10-14-21(18(3)4)24(20)27-23-16-9-8-15-22(23)26-25(27)19-11-6-5-7-12-19;1-2-4-22(5-3-1)25-17-23(14-15-26-25)19-10-12-21(13-11-19)24-16-18-6-8-20(24)9-7-18;/h5-11,13-18H,1-4H3;1-4,10-15,17-18,20,24H,6-9,16H2;/q2*-1;/i17D,18D;24D;. The second-order valence-electron chi connectivity index (χ2n) is 15.0. The summed E-state index contributed by atoms with van der Waals surface area (Å²) in [4.78, 5) is 9.42. The summed E-state index contributed by atoms with van der Waals surface area (Å²) >= 11 is 0. The first-order valence-electron chi connectivity index (χ1n) is 20.5. The molecule has 3 aliphatic rings. The molecule has 3 aliphatic carbocycles. The van der Waals surface area contributed by atoms with Gasteiger partial charge in [-0.05, 0) is 100 Å². The van der Waals surface area contributed by atoms with Gasteiger partial charge >= 0.3 is 0 Å². The summed E-state index contributed by atoms with van der Waals surface area (Å²) in [6, 6.07) is 49.2. The van der Waals surface area contributed by atoms with Crippen LogP contribution in [0.4, 0.5) is 0 Å². The molecular formula is C50H49IrN3-2. The Bertz CT molecular complexity index is 2410. The average molecular weight is 887 g/mol. The molecule has 0 amide bonds. The minimum Gasteiger partial charge on any atom is -0.333 e. The van der Waals surface area contributed by atoms with Crippen LogP contribution < -0.4 is 0 Å². The Hall–Kier alpha value is -4.63. The normalized spacial score (nSPS) is 20.2. The van der Waals surface area contributed by atoms with E-state index in [1.807, 2.05) is 125 Å². The van der Waals surface area contributed by atoms with Crippen LogP contribution in [0.5, 0.6) is 0 Å². The fourth-order valence-electron chi connectivity index (χ4n) is 8.29. The molecule has 0 aliphatic heterocycles. The van der Waals surface area contributed by atoms with Gasteiger partial charge in [0.15, 0.2) is 0 Å². The van der Waals surface area contributed by atoms with E-state index in [1.54, 1.807) is 0 Å². The Labute approximate surface area is 339 Å². The quantitative estimate of drug-likeness (QED) is 0.149. The van der Waals surface area contributed by atoms with Gasteiger partial charge in [0.25, 0.3) is 0 Å². The first-order chi connectivity index (χ1) is 26.9. The van der Waals surface area contributed by atoms with Gasteiger partial charge in [-0.3, -0.25) is 4.98 Å². The smallest absolute Gasteiger partial charge is 0.0774 e. The van der Waals surface area contributed by atoms with Crippen LogP contribution in [0.3, 0.4) is 0 Å². The fraction of sp³-hybridized carbons (Fsp3) is 0.280. The van der Waals surface area contributed by atoms with Crippen molar-refractivity contribution in [1.29, 1.82) is 0 Å². The first kappa shape index (κ1) is 33.9. The zero-order valence-electron chi connectivity index (χ0n) is 34.6. The van der Waals surface area contributed by atoms with Gasteiger partial charge in [-0.2, -0.15) is 0 Å². The van der Waals surface area contributed by atoms with Gasteiger partial charge in [0, 0.05) is 36.1 Å². The molecule has 4 heteroatoms. The maximum Gasteiger partial charge on any atom is 0.0774 e. The first-order valence-corrected chi connectivity index (χ1v) is 19.0. The summed E-state index contributed by atoms with van der Waals surface area (Å²) in [5, 5.41) is 0. The number of benzene rings is 5. The van der Waals surface area contributed by atoms with Crippen molar-refractivity contribution in [3.63, 3.8) is 0 Å². The molecule has 7 aromatic rings. The van der Waals surface area contributed by atoms with Crippen LogP contribution >= 0.6 is 0 Å². The number of rotatable bonds is 7. The van der Waals surface area contributed by atoms with Gasteiger partial charge < -0.3 is 9.55 Å². The number of para-hydroxylation sites is 3. The number of hydrogen-bond donors (Lipinski definition) is 0. The van der Waals surface area contributed by atoms with E-state index >= 15 is 0 Å². The van der Waals surface area contributed by atoms with Gasteiger partial charge in [-0.1, -0.05) is 101 Å². The maximum absolute atomic E-state index is 9.16. The predicted octanol–water partition coefficient (Wildman–Crippen LogP) is 13.2. The summed E-state index contributed by atoms with van der Waals surface area (Å²) in [5.41, 5.74) is 10.8. The summed E-state index contributed by atoms with van der Waals surface area (Å²) in [7, 11) is 0. The second kappa shape index (κ2) is 16.8. The van der Waals surface area contributed by atoms with Gasteiger partial charge in [0.1, 0.15) is 0 Å². The third kappa shape index (κ3) is 7.79. The van der Waals surface area contributed by atoms with Crippen LogP contribution in [0, 0.1) is 24.0 Å². The van der Waals surface area contributed by atoms with Crippen LogP contribution in [0.2, 0.25) is 0 Å². The van der Waals surface area contributed by atoms with Gasteiger partial charge in [0.2, 0.25) is 0 Å². The summed E-state index contributed by atoms with van der Waals surface area (Å²) in [6.45, 7) is 7.56. The van der Waals surface area contributed by atoms with Crippen molar-refractivity contribution in [1.82, 2.24) is 14.5 Å². The summed E-state index contributed by atoms with van der Waals surface area (Å²) < 4.78 is 28.9. The second-order valence-corrected chi connectivity index (χ2v) is 15.0. The molecule has 1 atom stereocenters. The van der Waals surface area contributed by atoms with E-state index in [2.05, 4.69) is 58.1 Å². The Morgan fingerprint density at radius 3 is 1.96 bits per heavy atom. The van der Waals surface area contributed by atoms with Crippen LogP contribution in [0.15, 0.2) is 134 Å². The minimum atomic E-state index is -0.834. The van der Waals surface area contributed by atoms with Crippen molar-refractivity contribution >= 4 is 11.0 Å². The van der Waals surface area contributed by atoms with E-state index in [-0.39, 0.29) is 26.0 Å². The molecule has 54 heavy (non-hydrogen) atoms.